The topological polar surface area (TPSA) is 0 Å². The van der Waals surface area contributed by atoms with Crippen molar-refractivity contribution < 1.29 is 0 Å². The summed E-state index contributed by atoms with van der Waals surface area (Å²) >= 11 is 0. The van der Waals surface area contributed by atoms with Crippen molar-refractivity contribution in [2.45, 2.75) is 20.3 Å². The minimum Gasteiger partial charge on any atom is -0.0763 e. The third-order valence-corrected chi connectivity index (χ3v) is 2.93. The van der Waals surface area contributed by atoms with Gasteiger partial charge in [-0.15, -0.1) is 0 Å². The number of rotatable bonds is 3. The molecule has 0 heterocycles. The maximum Gasteiger partial charge on any atom is -0.0149 e. The molecule has 2 aromatic carbocycles. The normalized spacial score (nSPS) is 11.5. The molecule has 2 aromatic rings. The average molecular weight is 222 g/mol. The first-order valence-corrected chi connectivity index (χ1v) is 6.14. The summed E-state index contributed by atoms with van der Waals surface area (Å²) in [5.41, 5.74) is 5.30. The van der Waals surface area contributed by atoms with Crippen LogP contribution in [0.2, 0.25) is 0 Å². The van der Waals surface area contributed by atoms with Crippen molar-refractivity contribution >= 4 is 5.57 Å². The van der Waals surface area contributed by atoms with Crippen molar-refractivity contribution in [2.75, 3.05) is 0 Å². The lowest BCUT2D eigenvalue weighted by atomic mass is 9.94. The molecule has 2 rings (SSSR count). The highest BCUT2D eigenvalue weighted by Crippen LogP contribution is 2.26. The second-order valence-electron chi connectivity index (χ2n) is 4.21. The highest BCUT2D eigenvalue weighted by atomic mass is 14.1. The molecule has 0 aliphatic rings. The van der Waals surface area contributed by atoms with E-state index >= 15 is 0 Å². The highest BCUT2D eigenvalue weighted by molar-refractivity contribution is 5.81. The van der Waals surface area contributed by atoms with E-state index in [1.165, 1.54) is 22.3 Å². The van der Waals surface area contributed by atoms with Crippen LogP contribution in [0.15, 0.2) is 60.7 Å². The van der Waals surface area contributed by atoms with Gasteiger partial charge in [0, 0.05) is 0 Å². The quantitative estimate of drug-likeness (QED) is 0.697. The van der Waals surface area contributed by atoms with Gasteiger partial charge in [-0.25, -0.2) is 0 Å². The van der Waals surface area contributed by atoms with E-state index in [0.717, 1.165) is 6.42 Å². The van der Waals surface area contributed by atoms with Crippen molar-refractivity contribution in [1.29, 1.82) is 0 Å². The number of allylic oxidation sites excluding steroid dienone is 1. The van der Waals surface area contributed by atoms with Crippen LogP contribution in [0.5, 0.6) is 0 Å². The van der Waals surface area contributed by atoms with Crippen LogP contribution in [0, 0.1) is 6.92 Å². The van der Waals surface area contributed by atoms with Crippen LogP contribution >= 0.6 is 0 Å². The lowest BCUT2D eigenvalue weighted by Gasteiger charge is -2.11. The molecule has 0 saturated carbocycles. The van der Waals surface area contributed by atoms with E-state index in [1.807, 2.05) is 0 Å². The van der Waals surface area contributed by atoms with Gasteiger partial charge in [-0.1, -0.05) is 67.6 Å². The predicted molar refractivity (Wildman–Crippen MR) is 75.0 cm³/mol. The average Bonchev–Trinajstić information content (AvgIpc) is 2.38. The highest BCUT2D eigenvalue weighted by Gasteiger charge is 2.05. The molecule has 86 valence electrons. The van der Waals surface area contributed by atoms with Gasteiger partial charge in [-0.05, 0) is 35.6 Å². The summed E-state index contributed by atoms with van der Waals surface area (Å²) in [7, 11) is 0. The Morgan fingerprint density at radius 2 is 1.59 bits per heavy atom. The number of hydrogen-bond acceptors (Lipinski definition) is 0. The summed E-state index contributed by atoms with van der Waals surface area (Å²) in [6.45, 7) is 4.35. The molecule has 0 bridgehead atoms. The van der Waals surface area contributed by atoms with Crippen LogP contribution in [-0.2, 0) is 0 Å². The standard InChI is InChI=1S/C17H18/c1-3-9-17(15-11-5-4-6-12-15)16-13-8-7-10-14(16)2/h4-13H,3H2,1-2H3/b17-9+. The zero-order valence-electron chi connectivity index (χ0n) is 10.5. The van der Waals surface area contributed by atoms with Crippen LogP contribution < -0.4 is 0 Å². The molecule has 0 aromatic heterocycles. The summed E-state index contributed by atoms with van der Waals surface area (Å²) in [4.78, 5) is 0. The maximum absolute atomic E-state index is 2.30. The molecular formula is C17H18. The summed E-state index contributed by atoms with van der Waals surface area (Å²) in [6, 6.07) is 19.2. The first-order chi connectivity index (χ1) is 8.33. The van der Waals surface area contributed by atoms with E-state index in [4.69, 9.17) is 0 Å². The van der Waals surface area contributed by atoms with Gasteiger partial charge in [0.15, 0.2) is 0 Å². The van der Waals surface area contributed by atoms with Gasteiger partial charge < -0.3 is 0 Å². The SMILES string of the molecule is CC/C=C(\c1ccccc1)c1ccccc1C. The summed E-state index contributed by atoms with van der Waals surface area (Å²) < 4.78 is 0. The van der Waals surface area contributed by atoms with Crippen molar-refractivity contribution in [2.24, 2.45) is 0 Å². The Balaban J connectivity index is 2.52. The number of aryl methyl sites for hydroxylation is 1. The van der Waals surface area contributed by atoms with E-state index in [9.17, 15) is 0 Å². The third kappa shape index (κ3) is 2.65. The Labute approximate surface area is 104 Å². The molecule has 0 N–H and O–H groups in total. The van der Waals surface area contributed by atoms with Gasteiger partial charge in [-0.3, -0.25) is 0 Å². The van der Waals surface area contributed by atoms with E-state index < -0.39 is 0 Å². The first-order valence-electron chi connectivity index (χ1n) is 6.14. The largest absolute Gasteiger partial charge is 0.0763 e. The molecule has 0 aliphatic heterocycles. The lowest BCUT2D eigenvalue weighted by Crippen LogP contribution is -1.91. The molecular weight excluding hydrogens is 204 g/mol. The lowest BCUT2D eigenvalue weighted by molar-refractivity contribution is 1.22. The minimum absolute atomic E-state index is 1.05. The molecule has 0 amide bonds. The summed E-state index contributed by atoms with van der Waals surface area (Å²) in [5.74, 6) is 0. The molecule has 0 atom stereocenters. The number of benzene rings is 2. The Morgan fingerprint density at radius 3 is 2.24 bits per heavy atom. The Bertz CT molecular complexity index is 507. The van der Waals surface area contributed by atoms with E-state index in [1.54, 1.807) is 0 Å². The molecule has 0 fully saturated rings. The first kappa shape index (κ1) is 11.7. The van der Waals surface area contributed by atoms with E-state index in [2.05, 4.69) is 74.5 Å². The van der Waals surface area contributed by atoms with Crippen molar-refractivity contribution in [3.8, 4) is 0 Å². The van der Waals surface area contributed by atoms with Crippen LogP contribution in [0.4, 0.5) is 0 Å². The molecule has 17 heavy (non-hydrogen) atoms. The van der Waals surface area contributed by atoms with Gasteiger partial charge in [-0.2, -0.15) is 0 Å². The van der Waals surface area contributed by atoms with Crippen LogP contribution in [0.3, 0.4) is 0 Å². The van der Waals surface area contributed by atoms with Crippen molar-refractivity contribution in [1.82, 2.24) is 0 Å². The fourth-order valence-corrected chi connectivity index (χ4v) is 2.08. The van der Waals surface area contributed by atoms with Gasteiger partial charge >= 0.3 is 0 Å². The van der Waals surface area contributed by atoms with Crippen LogP contribution in [0.25, 0.3) is 5.57 Å². The molecule has 0 radical (unpaired) electrons. The van der Waals surface area contributed by atoms with Gasteiger partial charge in [0.25, 0.3) is 0 Å². The van der Waals surface area contributed by atoms with E-state index in [0.29, 0.717) is 0 Å². The fourth-order valence-electron chi connectivity index (χ4n) is 2.08. The Morgan fingerprint density at radius 1 is 0.941 bits per heavy atom. The molecule has 0 spiro atoms. The van der Waals surface area contributed by atoms with Crippen molar-refractivity contribution in [3.63, 3.8) is 0 Å². The predicted octanol–water partition coefficient (Wildman–Crippen LogP) is 4.84. The zero-order chi connectivity index (χ0) is 12.1. The second kappa shape index (κ2) is 5.49. The molecule has 0 unspecified atom stereocenters. The zero-order valence-corrected chi connectivity index (χ0v) is 10.5. The number of hydrogen-bond donors (Lipinski definition) is 0. The smallest absolute Gasteiger partial charge is 0.0149 e. The van der Waals surface area contributed by atoms with Crippen LogP contribution in [-0.4, -0.2) is 0 Å². The molecule has 0 heteroatoms. The third-order valence-electron chi connectivity index (χ3n) is 2.93. The molecule has 0 nitrogen and oxygen atoms in total. The Hall–Kier alpha value is -1.82. The summed E-state index contributed by atoms with van der Waals surface area (Å²) in [6.07, 6.45) is 3.36. The fraction of sp³-hybridized carbons (Fsp3) is 0.176. The maximum atomic E-state index is 2.30. The Kier molecular flexibility index (Phi) is 3.77. The van der Waals surface area contributed by atoms with E-state index in [-0.39, 0.29) is 0 Å². The minimum atomic E-state index is 1.05. The van der Waals surface area contributed by atoms with Crippen molar-refractivity contribution in [3.05, 3.63) is 77.4 Å². The monoisotopic (exact) mass is 222 g/mol. The van der Waals surface area contributed by atoms with Gasteiger partial charge in [0.2, 0.25) is 0 Å². The molecule has 0 aliphatic carbocycles. The summed E-state index contributed by atoms with van der Waals surface area (Å²) in [5, 5.41) is 0. The molecule has 0 saturated heterocycles. The van der Waals surface area contributed by atoms with Gasteiger partial charge in [0.05, 0.1) is 0 Å². The second-order valence-corrected chi connectivity index (χ2v) is 4.21. The van der Waals surface area contributed by atoms with Crippen LogP contribution in [0.1, 0.15) is 30.0 Å². The van der Waals surface area contributed by atoms with Gasteiger partial charge in [0.1, 0.15) is 0 Å².